The molecule has 2 N–H and O–H groups in total. The highest BCUT2D eigenvalue weighted by atomic mass is 32.2. The molecule has 0 spiro atoms. The van der Waals surface area contributed by atoms with Gasteiger partial charge in [0.2, 0.25) is 10.0 Å². The number of nitrogens with zero attached hydrogens (tertiary/aromatic N) is 3. The maximum atomic E-state index is 12.2. The first-order valence-corrected chi connectivity index (χ1v) is 7.22. The average Bonchev–Trinajstić information content (AvgIpc) is 2.75. The first-order valence-electron chi connectivity index (χ1n) is 5.78. The minimum absolute atomic E-state index is 0.237. The molecular formula is C10H20N4O2S. The molecule has 0 radical (unpaired) electrons. The van der Waals surface area contributed by atoms with Crippen molar-refractivity contribution in [3.8, 4) is 0 Å². The van der Waals surface area contributed by atoms with Crippen molar-refractivity contribution < 1.29 is 8.42 Å². The van der Waals surface area contributed by atoms with Gasteiger partial charge in [0.25, 0.3) is 0 Å². The normalized spacial score (nSPS) is 12.2. The Hall–Kier alpha value is -0.920. The van der Waals surface area contributed by atoms with E-state index in [4.69, 9.17) is 5.73 Å². The van der Waals surface area contributed by atoms with Crippen LogP contribution >= 0.6 is 0 Å². The second kappa shape index (κ2) is 6.13. The number of hydrogen-bond acceptors (Lipinski definition) is 4. The molecule has 1 aromatic heterocycles. The molecule has 0 fully saturated rings. The van der Waals surface area contributed by atoms with Crippen molar-refractivity contribution in [2.24, 2.45) is 5.73 Å². The summed E-state index contributed by atoms with van der Waals surface area (Å²) < 4.78 is 27.4. The molecule has 0 bridgehead atoms. The molecule has 0 aromatic carbocycles. The van der Waals surface area contributed by atoms with Crippen LogP contribution in [0.5, 0.6) is 0 Å². The lowest BCUT2D eigenvalue weighted by atomic mass is 10.5. The first-order chi connectivity index (χ1) is 8.06. The third kappa shape index (κ3) is 3.27. The summed E-state index contributed by atoms with van der Waals surface area (Å²) in [6.45, 7) is 5.75. The summed E-state index contributed by atoms with van der Waals surface area (Å²) in [6, 6.07) is 0. The molecule has 98 valence electrons. The second-order valence-electron chi connectivity index (χ2n) is 3.72. The molecule has 0 amide bonds. The summed E-state index contributed by atoms with van der Waals surface area (Å²) >= 11 is 0. The fraction of sp³-hybridized carbons (Fsp3) is 0.700. The number of aromatic nitrogens is 2. The lowest BCUT2D eigenvalue weighted by Gasteiger charge is -2.18. The standard InChI is InChI=1S/C10H20N4O2S/c1-3-6-14(4-2)17(15,16)10-8-12-13(9-10)7-5-11/h8-9H,3-7,11H2,1-2H3. The van der Waals surface area contributed by atoms with E-state index in [0.717, 1.165) is 6.42 Å². The van der Waals surface area contributed by atoms with Crippen molar-refractivity contribution in [1.29, 1.82) is 0 Å². The summed E-state index contributed by atoms with van der Waals surface area (Å²) in [5.41, 5.74) is 5.39. The Labute approximate surface area is 102 Å². The molecule has 0 saturated carbocycles. The van der Waals surface area contributed by atoms with Crippen molar-refractivity contribution in [2.45, 2.75) is 31.7 Å². The van der Waals surface area contributed by atoms with Gasteiger partial charge in [-0.25, -0.2) is 8.42 Å². The van der Waals surface area contributed by atoms with E-state index in [9.17, 15) is 8.42 Å². The predicted molar refractivity (Wildman–Crippen MR) is 66.0 cm³/mol. The van der Waals surface area contributed by atoms with Gasteiger partial charge in [-0.3, -0.25) is 4.68 Å². The number of rotatable bonds is 7. The van der Waals surface area contributed by atoms with E-state index >= 15 is 0 Å². The molecule has 17 heavy (non-hydrogen) atoms. The topological polar surface area (TPSA) is 81.2 Å². The van der Waals surface area contributed by atoms with Gasteiger partial charge >= 0.3 is 0 Å². The van der Waals surface area contributed by atoms with Crippen LogP contribution in [0.2, 0.25) is 0 Å². The molecule has 1 aromatic rings. The zero-order chi connectivity index (χ0) is 12.9. The smallest absolute Gasteiger partial charge is 0.246 e. The van der Waals surface area contributed by atoms with Crippen LogP contribution in [-0.2, 0) is 16.6 Å². The van der Waals surface area contributed by atoms with E-state index in [1.54, 1.807) is 4.68 Å². The molecule has 0 aliphatic heterocycles. The molecule has 0 unspecified atom stereocenters. The highest BCUT2D eigenvalue weighted by Crippen LogP contribution is 2.14. The number of hydrogen-bond donors (Lipinski definition) is 1. The summed E-state index contributed by atoms with van der Waals surface area (Å²) in [5, 5.41) is 3.98. The molecule has 0 saturated heterocycles. The van der Waals surface area contributed by atoms with Crippen LogP contribution in [0.25, 0.3) is 0 Å². The zero-order valence-corrected chi connectivity index (χ0v) is 11.2. The van der Waals surface area contributed by atoms with Crippen LogP contribution < -0.4 is 5.73 Å². The fourth-order valence-electron chi connectivity index (χ4n) is 1.58. The van der Waals surface area contributed by atoms with Crippen LogP contribution in [0, 0.1) is 0 Å². The molecule has 0 atom stereocenters. The van der Waals surface area contributed by atoms with Crippen LogP contribution in [0.1, 0.15) is 20.3 Å². The Balaban J connectivity index is 2.94. The van der Waals surface area contributed by atoms with Gasteiger partial charge in [0.15, 0.2) is 0 Å². The van der Waals surface area contributed by atoms with Gasteiger partial charge in [0.05, 0.1) is 12.7 Å². The van der Waals surface area contributed by atoms with Crippen molar-refractivity contribution in [1.82, 2.24) is 14.1 Å². The van der Waals surface area contributed by atoms with E-state index in [1.807, 2.05) is 13.8 Å². The summed E-state index contributed by atoms with van der Waals surface area (Å²) in [5.74, 6) is 0. The predicted octanol–water partition coefficient (Wildman–Crippen LogP) is 0.262. The minimum atomic E-state index is -3.40. The van der Waals surface area contributed by atoms with Crippen LogP contribution in [0.15, 0.2) is 17.3 Å². The molecular weight excluding hydrogens is 240 g/mol. The van der Waals surface area contributed by atoms with E-state index in [1.165, 1.54) is 16.7 Å². The van der Waals surface area contributed by atoms with Crippen LogP contribution in [0.4, 0.5) is 0 Å². The average molecular weight is 260 g/mol. The zero-order valence-electron chi connectivity index (χ0n) is 10.3. The first kappa shape index (κ1) is 14.1. The molecule has 1 rings (SSSR count). The summed E-state index contributed by atoms with van der Waals surface area (Å²) in [6.07, 6.45) is 3.70. The van der Waals surface area contributed by atoms with Crippen molar-refractivity contribution >= 4 is 10.0 Å². The summed E-state index contributed by atoms with van der Waals surface area (Å²) in [4.78, 5) is 0.237. The van der Waals surface area contributed by atoms with Gasteiger partial charge < -0.3 is 5.73 Å². The molecule has 6 nitrogen and oxygen atoms in total. The summed E-state index contributed by atoms with van der Waals surface area (Å²) in [7, 11) is -3.40. The lowest BCUT2D eigenvalue weighted by molar-refractivity contribution is 0.427. The Bertz CT molecular complexity index is 441. The van der Waals surface area contributed by atoms with Crippen molar-refractivity contribution in [2.75, 3.05) is 19.6 Å². The van der Waals surface area contributed by atoms with E-state index in [2.05, 4.69) is 5.10 Å². The molecule has 0 aliphatic rings. The minimum Gasteiger partial charge on any atom is -0.329 e. The fourth-order valence-corrected chi connectivity index (χ4v) is 3.08. The van der Waals surface area contributed by atoms with Gasteiger partial charge in [-0.05, 0) is 6.42 Å². The van der Waals surface area contributed by atoms with Crippen LogP contribution in [-0.4, -0.2) is 42.1 Å². The van der Waals surface area contributed by atoms with E-state index in [0.29, 0.717) is 26.2 Å². The highest BCUT2D eigenvalue weighted by Gasteiger charge is 2.23. The largest absolute Gasteiger partial charge is 0.329 e. The molecule has 0 aliphatic carbocycles. The monoisotopic (exact) mass is 260 g/mol. The Kier molecular flexibility index (Phi) is 5.10. The number of sulfonamides is 1. The molecule has 1 heterocycles. The van der Waals surface area contributed by atoms with E-state index < -0.39 is 10.0 Å². The SMILES string of the molecule is CCCN(CC)S(=O)(=O)c1cnn(CCN)c1. The van der Waals surface area contributed by atoms with Crippen LogP contribution in [0.3, 0.4) is 0 Å². The number of nitrogens with two attached hydrogens (primary N) is 1. The second-order valence-corrected chi connectivity index (χ2v) is 5.66. The van der Waals surface area contributed by atoms with Gasteiger partial charge in [-0.15, -0.1) is 0 Å². The van der Waals surface area contributed by atoms with E-state index in [-0.39, 0.29) is 4.90 Å². The van der Waals surface area contributed by atoms with Gasteiger partial charge in [0, 0.05) is 25.8 Å². The van der Waals surface area contributed by atoms with Gasteiger partial charge in [-0.1, -0.05) is 13.8 Å². The Morgan fingerprint density at radius 3 is 2.71 bits per heavy atom. The van der Waals surface area contributed by atoms with Crippen molar-refractivity contribution in [3.63, 3.8) is 0 Å². The third-order valence-corrected chi connectivity index (χ3v) is 4.36. The highest BCUT2D eigenvalue weighted by molar-refractivity contribution is 7.89. The third-order valence-electron chi connectivity index (χ3n) is 2.43. The Morgan fingerprint density at radius 2 is 2.18 bits per heavy atom. The maximum Gasteiger partial charge on any atom is 0.246 e. The Morgan fingerprint density at radius 1 is 1.47 bits per heavy atom. The van der Waals surface area contributed by atoms with Crippen molar-refractivity contribution in [3.05, 3.63) is 12.4 Å². The van der Waals surface area contributed by atoms with Gasteiger partial charge in [-0.2, -0.15) is 9.40 Å². The maximum absolute atomic E-state index is 12.2. The van der Waals surface area contributed by atoms with Gasteiger partial charge in [0.1, 0.15) is 4.90 Å². The quantitative estimate of drug-likeness (QED) is 0.762. The molecule has 7 heteroatoms. The lowest BCUT2D eigenvalue weighted by Crippen LogP contribution is -2.31.